The summed E-state index contributed by atoms with van der Waals surface area (Å²) in [5, 5.41) is 21.8. The minimum atomic E-state index is -0.538. The van der Waals surface area contributed by atoms with E-state index in [1.165, 1.54) is 6.07 Å². The number of oxime groups is 1. The Morgan fingerprint density at radius 1 is 1.65 bits per heavy atom. The van der Waals surface area contributed by atoms with E-state index in [1.807, 2.05) is 0 Å². The third-order valence-electron chi connectivity index (χ3n) is 1.88. The number of nitrogens with two attached hydrogens (primary N) is 1. The highest BCUT2D eigenvalue weighted by molar-refractivity contribution is 9.10. The van der Waals surface area contributed by atoms with Crippen LogP contribution >= 0.6 is 15.9 Å². The summed E-state index contributed by atoms with van der Waals surface area (Å²) in [6.07, 6.45) is 0.176. The van der Waals surface area contributed by atoms with Crippen LogP contribution in [-0.2, 0) is 0 Å². The molecule has 0 amide bonds. The summed E-state index contributed by atoms with van der Waals surface area (Å²) in [7, 11) is 0. The molecular weight excluding hydrogens is 294 g/mol. The van der Waals surface area contributed by atoms with Crippen LogP contribution in [0, 0.1) is 10.1 Å². The van der Waals surface area contributed by atoms with Crippen molar-refractivity contribution in [1.82, 2.24) is 0 Å². The van der Waals surface area contributed by atoms with E-state index >= 15 is 0 Å². The van der Waals surface area contributed by atoms with Gasteiger partial charge in [-0.25, -0.2) is 0 Å². The number of nitro benzene ring substituents is 1. The van der Waals surface area contributed by atoms with E-state index in [0.29, 0.717) is 4.47 Å². The Bertz CT molecular complexity index is 450. The topological polar surface area (TPSA) is 111 Å². The molecule has 0 aromatic heterocycles. The van der Waals surface area contributed by atoms with Crippen molar-refractivity contribution in [3.8, 4) is 5.75 Å². The van der Waals surface area contributed by atoms with Gasteiger partial charge in [-0.05, 0) is 22.0 Å². The molecule has 0 unspecified atom stereocenters. The number of hydrogen-bond donors (Lipinski definition) is 2. The van der Waals surface area contributed by atoms with Gasteiger partial charge < -0.3 is 15.7 Å². The number of para-hydroxylation sites is 1. The maximum atomic E-state index is 10.7. The predicted octanol–water partition coefficient (Wildman–Crippen LogP) is 1.87. The second kappa shape index (κ2) is 6.04. The van der Waals surface area contributed by atoms with Gasteiger partial charge in [-0.2, -0.15) is 0 Å². The Morgan fingerprint density at radius 2 is 2.35 bits per heavy atom. The zero-order valence-electron chi connectivity index (χ0n) is 8.67. The number of nitro groups is 1. The Morgan fingerprint density at radius 3 is 2.94 bits per heavy atom. The molecule has 8 heteroatoms. The van der Waals surface area contributed by atoms with E-state index in [9.17, 15) is 10.1 Å². The van der Waals surface area contributed by atoms with Gasteiger partial charge in [0.15, 0.2) is 0 Å². The Labute approximate surface area is 105 Å². The van der Waals surface area contributed by atoms with Gasteiger partial charge in [0, 0.05) is 12.5 Å². The molecule has 0 bridgehead atoms. The van der Waals surface area contributed by atoms with Crippen molar-refractivity contribution < 1.29 is 14.9 Å². The fourth-order valence-corrected chi connectivity index (χ4v) is 1.56. The van der Waals surface area contributed by atoms with Gasteiger partial charge in [0.05, 0.1) is 16.0 Å². The summed E-state index contributed by atoms with van der Waals surface area (Å²) in [6, 6.07) is 4.51. The number of amidine groups is 1. The minimum Gasteiger partial charge on any atom is -0.486 e. The van der Waals surface area contributed by atoms with Crippen LogP contribution in [0.5, 0.6) is 5.75 Å². The molecule has 0 aliphatic heterocycles. The van der Waals surface area contributed by atoms with E-state index in [2.05, 4.69) is 21.1 Å². The van der Waals surface area contributed by atoms with E-state index in [0.717, 1.165) is 0 Å². The van der Waals surface area contributed by atoms with Crippen molar-refractivity contribution in [3.05, 3.63) is 32.8 Å². The summed E-state index contributed by atoms with van der Waals surface area (Å²) in [6.45, 7) is 0.0827. The Kier molecular flexibility index (Phi) is 4.70. The van der Waals surface area contributed by atoms with Gasteiger partial charge in [-0.3, -0.25) is 10.1 Å². The summed E-state index contributed by atoms with van der Waals surface area (Å²) in [4.78, 5) is 10.2. The lowest BCUT2D eigenvalue weighted by Gasteiger charge is -2.07. The van der Waals surface area contributed by atoms with Gasteiger partial charge in [-0.15, -0.1) is 0 Å². The van der Waals surface area contributed by atoms with Crippen molar-refractivity contribution in [1.29, 1.82) is 0 Å². The number of hydrogen-bond acceptors (Lipinski definition) is 5. The van der Waals surface area contributed by atoms with Crippen LogP contribution in [0.4, 0.5) is 5.69 Å². The molecule has 0 heterocycles. The van der Waals surface area contributed by atoms with Crippen molar-refractivity contribution in [2.75, 3.05) is 6.61 Å². The molecule has 1 aromatic carbocycles. The monoisotopic (exact) mass is 303 g/mol. The van der Waals surface area contributed by atoms with E-state index < -0.39 is 4.92 Å². The molecule has 0 saturated carbocycles. The first-order valence-corrected chi connectivity index (χ1v) is 5.37. The fraction of sp³-hybridized carbons (Fsp3) is 0.222. The molecule has 0 aliphatic carbocycles. The molecule has 0 aliphatic rings. The molecule has 0 atom stereocenters. The molecule has 1 aromatic rings. The van der Waals surface area contributed by atoms with E-state index in [-0.39, 0.29) is 30.3 Å². The first-order chi connectivity index (χ1) is 8.06. The highest BCUT2D eigenvalue weighted by Crippen LogP contribution is 2.34. The zero-order chi connectivity index (χ0) is 12.8. The summed E-state index contributed by atoms with van der Waals surface area (Å²) < 4.78 is 5.72. The van der Waals surface area contributed by atoms with Crippen LogP contribution in [0.2, 0.25) is 0 Å². The summed E-state index contributed by atoms with van der Waals surface area (Å²) in [5.74, 6) is 0.128. The Balaban J connectivity index is 2.79. The van der Waals surface area contributed by atoms with Crippen LogP contribution in [0.3, 0.4) is 0 Å². The van der Waals surface area contributed by atoms with Crippen LogP contribution < -0.4 is 10.5 Å². The minimum absolute atomic E-state index is 0.000272. The van der Waals surface area contributed by atoms with Crippen LogP contribution in [0.15, 0.2) is 27.8 Å². The second-order valence-electron chi connectivity index (χ2n) is 3.03. The van der Waals surface area contributed by atoms with Gasteiger partial charge in [0.2, 0.25) is 5.75 Å². The lowest BCUT2D eigenvalue weighted by molar-refractivity contribution is -0.385. The maximum Gasteiger partial charge on any atom is 0.312 e. The summed E-state index contributed by atoms with van der Waals surface area (Å²) in [5.41, 5.74) is 5.11. The SMILES string of the molecule is N/C(CCOc1c(Br)cccc1[N+](=O)[O-])=N/O. The van der Waals surface area contributed by atoms with Crippen LogP contribution in [0.1, 0.15) is 6.42 Å². The van der Waals surface area contributed by atoms with Crippen molar-refractivity contribution in [3.63, 3.8) is 0 Å². The van der Waals surface area contributed by atoms with Gasteiger partial charge in [0.25, 0.3) is 0 Å². The standard InChI is InChI=1S/C9H10BrN3O4/c10-6-2-1-3-7(13(15)16)9(6)17-5-4-8(11)12-14/h1-3,14H,4-5H2,(H2,11,12). The highest BCUT2D eigenvalue weighted by Gasteiger charge is 2.17. The fourth-order valence-electron chi connectivity index (χ4n) is 1.09. The number of halogens is 1. The third-order valence-corrected chi connectivity index (χ3v) is 2.50. The molecule has 92 valence electrons. The number of rotatable bonds is 5. The first-order valence-electron chi connectivity index (χ1n) is 4.58. The quantitative estimate of drug-likeness (QED) is 0.283. The van der Waals surface area contributed by atoms with E-state index in [4.69, 9.17) is 15.7 Å². The second-order valence-corrected chi connectivity index (χ2v) is 3.89. The molecule has 17 heavy (non-hydrogen) atoms. The zero-order valence-corrected chi connectivity index (χ0v) is 10.3. The third kappa shape index (κ3) is 3.59. The van der Waals surface area contributed by atoms with Crippen molar-refractivity contribution >= 4 is 27.5 Å². The molecule has 0 fully saturated rings. The maximum absolute atomic E-state index is 10.7. The summed E-state index contributed by atoms with van der Waals surface area (Å²) >= 11 is 3.16. The number of nitrogens with zero attached hydrogens (tertiary/aromatic N) is 2. The largest absolute Gasteiger partial charge is 0.486 e. The van der Waals surface area contributed by atoms with Crippen molar-refractivity contribution in [2.45, 2.75) is 6.42 Å². The highest BCUT2D eigenvalue weighted by atomic mass is 79.9. The molecular formula is C9H10BrN3O4. The Hall–Kier alpha value is -1.83. The van der Waals surface area contributed by atoms with Gasteiger partial charge in [-0.1, -0.05) is 11.2 Å². The van der Waals surface area contributed by atoms with Crippen molar-refractivity contribution in [2.24, 2.45) is 10.9 Å². The molecule has 7 nitrogen and oxygen atoms in total. The predicted molar refractivity (Wildman–Crippen MR) is 64.3 cm³/mol. The van der Waals surface area contributed by atoms with Crippen LogP contribution in [0.25, 0.3) is 0 Å². The average molecular weight is 304 g/mol. The molecule has 0 radical (unpaired) electrons. The molecule has 0 saturated heterocycles. The van der Waals surface area contributed by atoms with Gasteiger partial charge >= 0.3 is 5.69 Å². The molecule has 0 spiro atoms. The first kappa shape index (κ1) is 13.2. The van der Waals surface area contributed by atoms with Crippen LogP contribution in [-0.4, -0.2) is 22.6 Å². The number of benzene rings is 1. The lowest BCUT2D eigenvalue weighted by atomic mass is 10.3. The molecule has 3 N–H and O–H groups in total. The lowest BCUT2D eigenvalue weighted by Crippen LogP contribution is -2.15. The van der Waals surface area contributed by atoms with E-state index in [1.54, 1.807) is 12.1 Å². The molecule has 1 rings (SSSR count). The number of ether oxygens (including phenoxy) is 1. The average Bonchev–Trinajstić information content (AvgIpc) is 2.30. The van der Waals surface area contributed by atoms with Gasteiger partial charge in [0.1, 0.15) is 5.84 Å². The normalized spacial score (nSPS) is 11.2. The smallest absolute Gasteiger partial charge is 0.312 e.